The number of terminal acetylenes is 2. The van der Waals surface area contributed by atoms with Gasteiger partial charge in [-0.25, -0.2) is 13.2 Å². The fourth-order valence-corrected chi connectivity index (χ4v) is 7.74. The van der Waals surface area contributed by atoms with Crippen molar-refractivity contribution in [3.8, 4) is 47.6 Å². The molecule has 4 heterocycles. The first-order valence-corrected chi connectivity index (χ1v) is 16.1. The molecular formula is C37H36F3N5O2. The number of hydrogen-bond donors (Lipinski definition) is 2. The number of piperazine rings is 1. The zero-order valence-electron chi connectivity index (χ0n) is 26.4. The first kappa shape index (κ1) is 31.1. The molecule has 0 radical (unpaired) electrons. The topological polar surface area (TPSA) is 73.8 Å². The second kappa shape index (κ2) is 11.9. The zero-order valence-corrected chi connectivity index (χ0v) is 26.4. The minimum Gasteiger partial charge on any atom is -0.508 e. The molecule has 47 heavy (non-hydrogen) atoms. The number of anilines is 1. The van der Waals surface area contributed by atoms with E-state index in [2.05, 4.69) is 40.9 Å². The molecule has 7 rings (SSSR count). The van der Waals surface area contributed by atoms with Gasteiger partial charge in [-0.1, -0.05) is 25.8 Å². The quantitative estimate of drug-likeness (QED) is 0.257. The minimum absolute atomic E-state index is 0.0313. The SMILES string of the molecule is C#Cc1c(F)ccc2cc(O)cc(-c3c(F)cc4c(N5C[C@H]6CC[C@@H](C5)N6)nc(OC[C@@]5(C)CN(CC)CC[C@H]5C#C)nc4c3F)c12. The van der Waals surface area contributed by atoms with Crippen molar-refractivity contribution in [3.05, 3.63) is 53.3 Å². The summed E-state index contributed by atoms with van der Waals surface area (Å²) in [6, 6.07) is 6.74. The van der Waals surface area contributed by atoms with Gasteiger partial charge >= 0.3 is 6.01 Å². The van der Waals surface area contributed by atoms with Crippen molar-refractivity contribution in [1.82, 2.24) is 20.2 Å². The molecule has 4 aromatic rings. The average molecular weight is 640 g/mol. The molecule has 3 saturated heterocycles. The molecule has 3 aromatic carbocycles. The molecule has 2 N–H and O–H groups in total. The number of fused-ring (bicyclic) bond motifs is 4. The van der Waals surface area contributed by atoms with E-state index < -0.39 is 28.4 Å². The van der Waals surface area contributed by atoms with Gasteiger partial charge in [-0.05, 0) is 62.0 Å². The van der Waals surface area contributed by atoms with Gasteiger partial charge in [0.25, 0.3) is 0 Å². The van der Waals surface area contributed by atoms with Crippen LogP contribution in [0, 0.1) is 53.5 Å². The van der Waals surface area contributed by atoms with E-state index in [0.29, 0.717) is 24.3 Å². The van der Waals surface area contributed by atoms with Crippen LogP contribution in [0.15, 0.2) is 30.3 Å². The number of nitrogens with one attached hydrogen (secondary N) is 1. The molecule has 0 aliphatic carbocycles. The number of piperidine rings is 1. The first-order valence-electron chi connectivity index (χ1n) is 16.1. The highest BCUT2D eigenvalue weighted by Crippen LogP contribution is 2.42. The molecule has 3 fully saturated rings. The third-order valence-electron chi connectivity index (χ3n) is 10.2. The van der Waals surface area contributed by atoms with Crippen LogP contribution in [0.3, 0.4) is 0 Å². The summed E-state index contributed by atoms with van der Waals surface area (Å²) in [6.07, 6.45) is 14.4. The Labute approximate surface area is 272 Å². The van der Waals surface area contributed by atoms with Gasteiger partial charge in [0.05, 0.1) is 17.7 Å². The molecule has 3 aliphatic rings. The Morgan fingerprint density at radius 3 is 2.53 bits per heavy atom. The van der Waals surface area contributed by atoms with Gasteiger partial charge in [0.15, 0.2) is 5.82 Å². The Morgan fingerprint density at radius 2 is 1.83 bits per heavy atom. The summed E-state index contributed by atoms with van der Waals surface area (Å²) in [7, 11) is 0. The van der Waals surface area contributed by atoms with Crippen LogP contribution < -0.4 is 15.0 Å². The van der Waals surface area contributed by atoms with Gasteiger partial charge < -0.3 is 25.0 Å². The summed E-state index contributed by atoms with van der Waals surface area (Å²) >= 11 is 0. The number of phenolic OH excluding ortho intramolecular Hbond substituents is 1. The summed E-state index contributed by atoms with van der Waals surface area (Å²) < 4.78 is 54.3. The predicted molar refractivity (Wildman–Crippen MR) is 177 cm³/mol. The average Bonchev–Trinajstić information content (AvgIpc) is 3.40. The van der Waals surface area contributed by atoms with Crippen molar-refractivity contribution in [2.24, 2.45) is 11.3 Å². The number of aromatic nitrogens is 2. The molecule has 0 saturated carbocycles. The lowest BCUT2D eigenvalue weighted by Crippen LogP contribution is -2.51. The summed E-state index contributed by atoms with van der Waals surface area (Å²) in [5, 5.41) is 14.8. The van der Waals surface area contributed by atoms with Crippen LogP contribution in [0.5, 0.6) is 11.8 Å². The van der Waals surface area contributed by atoms with Crippen LogP contribution >= 0.6 is 0 Å². The Morgan fingerprint density at radius 1 is 1.06 bits per heavy atom. The van der Waals surface area contributed by atoms with Gasteiger partial charge in [-0.15, -0.1) is 18.8 Å². The lowest BCUT2D eigenvalue weighted by atomic mass is 9.73. The molecular weight excluding hydrogens is 603 g/mol. The Kier molecular flexibility index (Phi) is 7.90. The van der Waals surface area contributed by atoms with E-state index in [1.165, 1.54) is 24.3 Å². The van der Waals surface area contributed by atoms with Crippen molar-refractivity contribution in [3.63, 3.8) is 0 Å². The molecule has 4 atom stereocenters. The Hall–Kier alpha value is -4.51. The fourth-order valence-electron chi connectivity index (χ4n) is 7.74. The summed E-state index contributed by atoms with van der Waals surface area (Å²) in [5.41, 5.74) is -1.29. The molecule has 0 spiro atoms. The number of rotatable bonds is 6. The van der Waals surface area contributed by atoms with Gasteiger partial charge in [0.1, 0.15) is 28.7 Å². The monoisotopic (exact) mass is 639 g/mol. The smallest absolute Gasteiger partial charge is 0.319 e. The Bertz CT molecular complexity index is 1980. The molecule has 0 unspecified atom stereocenters. The maximum Gasteiger partial charge on any atom is 0.319 e. The van der Waals surface area contributed by atoms with Crippen LogP contribution in [-0.4, -0.2) is 71.4 Å². The number of aromatic hydroxyl groups is 1. The largest absolute Gasteiger partial charge is 0.508 e. The lowest BCUT2D eigenvalue weighted by molar-refractivity contribution is 0.0261. The number of benzene rings is 3. The number of nitrogens with zero attached hydrogens (tertiary/aromatic N) is 4. The lowest BCUT2D eigenvalue weighted by Gasteiger charge is -2.43. The van der Waals surface area contributed by atoms with Gasteiger partial charge in [-0.3, -0.25) is 0 Å². The molecule has 1 aromatic heterocycles. The van der Waals surface area contributed by atoms with E-state index in [1.807, 2.05) is 4.90 Å². The summed E-state index contributed by atoms with van der Waals surface area (Å²) in [5.74, 6) is 2.70. The fraction of sp³-hybridized carbons (Fsp3) is 0.405. The van der Waals surface area contributed by atoms with E-state index in [4.69, 9.17) is 22.6 Å². The van der Waals surface area contributed by atoms with Crippen LogP contribution in [0.1, 0.15) is 38.7 Å². The van der Waals surface area contributed by atoms with Gasteiger partial charge in [-0.2, -0.15) is 9.97 Å². The normalized spacial score (nSPS) is 24.4. The standard InChI is InChI=1S/C37H36F3N5O2/c1-5-22-12-13-44(7-3)19-37(22,4)20-47-36-42-34-28(35(43-36)45-17-23-9-10-24(18-45)41-23)16-30(39)32(33(34)40)27-15-25(46)14-21-8-11-29(38)26(6-2)31(21)27/h1-2,8,11,14-16,22-24,41,46H,7,9-10,12-13,17-20H2,3-4H3/t22-,23-,24+,37-/m1/s1. The zero-order chi connectivity index (χ0) is 33.0. The van der Waals surface area contributed by atoms with Crippen molar-refractivity contribution >= 4 is 27.5 Å². The van der Waals surface area contributed by atoms with Crippen LogP contribution in [-0.2, 0) is 0 Å². The molecule has 2 bridgehead atoms. The third kappa shape index (κ3) is 5.40. The molecule has 7 nitrogen and oxygen atoms in total. The van der Waals surface area contributed by atoms with Crippen LogP contribution in [0.25, 0.3) is 32.8 Å². The molecule has 10 heteroatoms. The predicted octanol–water partition coefficient (Wildman–Crippen LogP) is 5.85. The third-order valence-corrected chi connectivity index (χ3v) is 10.2. The Balaban J connectivity index is 1.40. The van der Waals surface area contributed by atoms with Crippen molar-refractivity contribution in [2.75, 3.05) is 44.2 Å². The molecule has 3 aliphatic heterocycles. The maximum absolute atomic E-state index is 16.9. The highest BCUT2D eigenvalue weighted by Gasteiger charge is 2.40. The number of likely N-dealkylation sites (tertiary alicyclic amines) is 1. The van der Waals surface area contributed by atoms with Gasteiger partial charge in [0, 0.05) is 59.4 Å². The van der Waals surface area contributed by atoms with E-state index in [9.17, 15) is 9.50 Å². The van der Waals surface area contributed by atoms with E-state index in [0.717, 1.165) is 45.0 Å². The molecule has 0 amide bonds. The van der Waals surface area contributed by atoms with E-state index >= 15 is 8.78 Å². The number of halogens is 3. The highest BCUT2D eigenvalue weighted by molar-refractivity contribution is 6.04. The van der Waals surface area contributed by atoms with Crippen molar-refractivity contribution in [2.45, 2.75) is 45.2 Å². The minimum atomic E-state index is -0.992. The summed E-state index contributed by atoms with van der Waals surface area (Å²) in [6.45, 7) is 8.11. The van der Waals surface area contributed by atoms with Crippen molar-refractivity contribution in [1.29, 1.82) is 0 Å². The first-order chi connectivity index (χ1) is 22.6. The van der Waals surface area contributed by atoms with E-state index in [1.54, 1.807) is 0 Å². The number of hydrogen-bond acceptors (Lipinski definition) is 7. The van der Waals surface area contributed by atoms with Crippen LogP contribution in [0.4, 0.5) is 19.0 Å². The van der Waals surface area contributed by atoms with Crippen molar-refractivity contribution < 1.29 is 23.0 Å². The number of phenols is 1. The second-order valence-electron chi connectivity index (χ2n) is 13.3. The maximum atomic E-state index is 16.9. The van der Waals surface area contributed by atoms with E-state index in [-0.39, 0.29) is 63.8 Å². The second-order valence-corrected chi connectivity index (χ2v) is 13.3. The molecule has 242 valence electrons. The summed E-state index contributed by atoms with van der Waals surface area (Å²) in [4.78, 5) is 13.6. The van der Waals surface area contributed by atoms with Gasteiger partial charge in [0.2, 0.25) is 0 Å². The highest BCUT2D eigenvalue weighted by atomic mass is 19.1. The van der Waals surface area contributed by atoms with Crippen LogP contribution in [0.2, 0.25) is 0 Å². The number of ether oxygens (including phenoxy) is 1.